The van der Waals surface area contributed by atoms with Crippen molar-refractivity contribution >= 4 is 28.7 Å². The lowest BCUT2D eigenvalue weighted by Gasteiger charge is -2.39. The molecule has 1 saturated heterocycles. The van der Waals surface area contributed by atoms with Crippen molar-refractivity contribution in [3.05, 3.63) is 65.3 Å². The number of amides is 3. The SMILES string of the molecule is CO[C@H]1CC[C@H](n2c([C@@H]3CC(=O)N(C)C(=O)N3c3ccc(F)c(F)c3)nc3cc(-c4c(C)noc4C)ccc32)CC1. The number of carbonyl (C=O) groups is 2. The van der Waals surface area contributed by atoms with Gasteiger partial charge >= 0.3 is 6.03 Å². The molecule has 9 nitrogen and oxygen atoms in total. The van der Waals surface area contributed by atoms with Crippen LogP contribution in [-0.2, 0) is 9.53 Å². The van der Waals surface area contributed by atoms with E-state index in [1.807, 2.05) is 32.0 Å². The zero-order valence-electron chi connectivity index (χ0n) is 23.4. The number of carbonyl (C=O) groups excluding carboxylic acids is 2. The van der Waals surface area contributed by atoms with Gasteiger partial charge in [0, 0.05) is 37.5 Å². The molecule has 1 atom stereocenters. The molecule has 3 heterocycles. The molecule has 0 radical (unpaired) electrons. The molecule has 1 aliphatic carbocycles. The Hall–Kier alpha value is -4.12. The summed E-state index contributed by atoms with van der Waals surface area (Å²) in [6, 6.07) is 7.85. The zero-order valence-corrected chi connectivity index (χ0v) is 23.4. The largest absolute Gasteiger partial charge is 0.381 e. The third-order valence-electron chi connectivity index (χ3n) is 8.41. The van der Waals surface area contributed by atoms with Gasteiger partial charge in [0.25, 0.3) is 0 Å². The number of halogens is 2. The highest BCUT2D eigenvalue weighted by molar-refractivity contribution is 6.06. The van der Waals surface area contributed by atoms with Gasteiger partial charge in [0.1, 0.15) is 17.6 Å². The number of aryl methyl sites for hydroxylation is 2. The monoisotopic (exact) mass is 563 g/mol. The normalized spacial score (nSPS) is 21.8. The van der Waals surface area contributed by atoms with Crippen molar-refractivity contribution in [2.45, 2.75) is 64.1 Å². The summed E-state index contributed by atoms with van der Waals surface area (Å²) in [5, 5.41) is 4.08. The Balaban J connectivity index is 1.53. The highest BCUT2D eigenvalue weighted by Crippen LogP contribution is 2.41. The first-order valence-electron chi connectivity index (χ1n) is 13.7. The Morgan fingerprint density at radius 2 is 1.76 bits per heavy atom. The number of fused-ring (bicyclic) bond motifs is 1. The maximum Gasteiger partial charge on any atom is 0.331 e. The van der Waals surface area contributed by atoms with E-state index in [0.29, 0.717) is 17.1 Å². The Labute approximate surface area is 235 Å². The van der Waals surface area contributed by atoms with E-state index in [-0.39, 0.29) is 30.2 Å². The van der Waals surface area contributed by atoms with Crippen LogP contribution in [0.1, 0.15) is 61.5 Å². The number of anilines is 1. The Morgan fingerprint density at radius 3 is 2.41 bits per heavy atom. The first-order chi connectivity index (χ1) is 19.7. The number of hydrogen-bond acceptors (Lipinski definition) is 6. The number of imidazole rings is 1. The molecule has 11 heteroatoms. The van der Waals surface area contributed by atoms with Gasteiger partial charge in [-0.25, -0.2) is 18.6 Å². The third kappa shape index (κ3) is 4.57. The molecule has 1 aliphatic heterocycles. The number of nitrogens with zero attached hydrogens (tertiary/aromatic N) is 5. The summed E-state index contributed by atoms with van der Waals surface area (Å²) in [6.07, 6.45) is 3.46. The zero-order chi connectivity index (χ0) is 29.0. The van der Waals surface area contributed by atoms with E-state index in [1.54, 1.807) is 7.11 Å². The summed E-state index contributed by atoms with van der Waals surface area (Å²) in [5.41, 5.74) is 4.24. The minimum Gasteiger partial charge on any atom is -0.381 e. The predicted molar refractivity (Wildman–Crippen MR) is 147 cm³/mol. The molecular formula is C30H31F2N5O4. The second-order valence-corrected chi connectivity index (χ2v) is 10.8. The summed E-state index contributed by atoms with van der Waals surface area (Å²) < 4.78 is 41.3. The van der Waals surface area contributed by atoms with Gasteiger partial charge < -0.3 is 13.8 Å². The van der Waals surface area contributed by atoms with Crippen molar-refractivity contribution in [2.75, 3.05) is 19.1 Å². The second-order valence-electron chi connectivity index (χ2n) is 10.8. The minimum atomic E-state index is -1.08. The predicted octanol–water partition coefficient (Wildman–Crippen LogP) is 6.25. The fraction of sp³-hybridized carbons (Fsp3) is 0.400. The van der Waals surface area contributed by atoms with Crippen molar-refractivity contribution in [3.8, 4) is 11.1 Å². The van der Waals surface area contributed by atoms with Crippen LogP contribution in [0.25, 0.3) is 22.2 Å². The quantitative estimate of drug-likeness (QED) is 0.285. The lowest BCUT2D eigenvalue weighted by Crippen LogP contribution is -2.52. The highest BCUT2D eigenvalue weighted by atomic mass is 19.2. The van der Waals surface area contributed by atoms with E-state index >= 15 is 0 Å². The fourth-order valence-electron chi connectivity index (χ4n) is 6.25. The Bertz CT molecular complexity index is 1640. The number of hydrogen-bond donors (Lipinski definition) is 0. The van der Waals surface area contributed by atoms with Crippen molar-refractivity contribution in [2.24, 2.45) is 0 Å². The summed E-state index contributed by atoms with van der Waals surface area (Å²) in [6.45, 7) is 3.73. The lowest BCUT2D eigenvalue weighted by molar-refractivity contribution is -0.128. The van der Waals surface area contributed by atoms with Crippen LogP contribution in [0, 0.1) is 25.5 Å². The molecule has 2 aromatic carbocycles. The van der Waals surface area contributed by atoms with E-state index in [9.17, 15) is 18.4 Å². The molecule has 6 rings (SSSR count). The maximum absolute atomic E-state index is 14.4. The summed E-state index contributed by atoms with van der Waals surface area (Å²) in [5.74, 6) is -1.26. The van der Waals surface area contributed by atoms with Gasteiger partial charge in [-0.15, -0.1) is 0 Å². The van der Waals surface area contributed by atoms with Gasteiger partial charge in [-0.05, 0) is 69.4 Å². The van der Waals surface area contributed by atoms with Crippen LogP contribution >= 0.6 is 0 Å². The number of methoxy groups -OCH3 is 1. The second kappa shape index (κ2) is 10.4. The number of imide groups is 1. The number of rotatable bonds is 5. The molecular weight excluding hydrogens is 532 g/mol. The van der Waals surface area contributed by atoms with Crippen LogP contribution in [0.15, 0.2) is 40.9 Å². The minimum absolute atomic E-state index is 0.0444. The van der Waals surface area contributed by atoms with Crippen molar-refractivity contribution in [1.29, 1.82) is 0 Å². The smallest absolute Gasteiger partial charge is 0.331 e. The van der Waals surface area contributed by atoms with Gasteiger partial charge in [0.2, 0.25) is 5.91 Å². The Morgan fingerprint density at radius 1 is 1.00 bits per heavy atom. The van der Waals surface area contributed by atoms with E-state index in [4.69, 9.17) is 14.2 Å². The Kier molecular flexibility index (Phi) is 6.85. The van der Waals surface area contributed by atoms with Crippen molar-refractivity contribution in [1.82, 2.24) is 19.6 Å². The van der Waals surface area contributed by atoms with Crippen LogP contribution in [0.3, 0.4) is 0 Å². The number of benzene rings is 2. The molecule has 3 amide bonds. The van der Waals surface area contributed by atoms with Gasteiger partial charge in [-0.3, -0.25) is 14.6 Å². The standard InChI is InChI=1S/C30H31F2N5O4/c1-16-28(17(2)41-34-16)18-5-12-25-24(13-18)33-29(36(25)19-6-9-21(40-4)10-7-19)26-15-27(38)35(3)30(39)37(26)20-8-11-22(31)23(32)14-20/h5,8,11-14,19,21,26H,6-7,9-10,15H2,1-4H3/t19-,21-,26-/m0/s1. The molecule has 0 bridgehead atoms. The van der Waals surface area contributed by atoms with Crippen molar-refractivity contribution < 1.29 is 27.6 Å². The molecule has 0 N–H and O–H groups in total. The summed E-state index contributed by atoms with van der Waals surface area (Å²) in [7, 11) is 3.10. The molecule has 2 aliphatic rings. The van der Waals surface area contributed by atoms with Gasteiger partial charge in [0.15, 0.2) is 11.6 Å². The number of urea groups is 1. The van der Waals surface area contributed by atoms with Crippen molar-refractivity contribution in [3.63, 3.8) is 0 Å². The molecule has 214 valence electrons. The van der Waals surface area contributed by atoms with Crippen LogP contribution in [0.5, 0.6) is 0 Å². The lowest BCUT2D eigenvalue weighted by atomic mass is 9.92. The molecule has 2 aromatic heterocycles. The fourth-order valence-corrected chi connectivity index (χ4v) is 6.25. The average Bonchev–Trinajstić information content (AvgIpc) is 3.51. The number of aromatic nitrogens is 3. The first kappa shape index (κ1) is 27.1. The van der Waals surface area contributed by atoms with E-state index in [0.717, 1.165) is 65.1 Å². The maximum atomic E-state index is 14.4. The summed E-state index contributed by atoms with van der Waals surface area (Å²) >= 11 is 0. The van der Waals surface area contributed by atoms with Crippen LogP contribution in [-0.4, -0.2) is 51.8 Å². The highest BCUT2D eigenvalue weighted by Gasteiger charge is 2.42. The van der Waals surface area contributed by atoms with Gasteiger partial charge in [-0.1, -0.05) is 11.2 Å². The van der Waals surface area contributed by atoms with E-state index in [1.165, 1.54) is 18.0 Å². The third-order valence-corrected chi connectivity index (χ3v) is 8.41. The molecule has 41 heavy (non-hydrogen) atoms. The topological polar surface area (TPSA) is 93.7 Å². The van der Waals surface area contributed by atoms with E-state index in [2.05, 4.69) is 9.72 Å². The van der Waals surface area contributed by atoms with Crippen LogP contribution in [0.2, 0.25) is 0 Å². The van der Waals surface area contributed by atoms with Crippen LogP contribution < -0.4 is 4.90 Å². The summed E-state index contributed by atoms with van der Waals surface area (Å²) in [4.78, 5) is 33.9. The molecule has 4 aromatic rings. The first-order valence-corrected chi connectivity index (χ1v) is 13.7. The molecule has 0 spiro atoms. The molecule has 1 saturated carbocycles. The van der Waals surface area contributed by atoms with Gasteiger partial charge in [0.05, 0.1) is 29.3 Å². The van der Waals surface area contributed by atoms with Gasteiger partial charge in [-0.2, -0.15) is 0 Å². The van der Waals surface area contributed by atoms with Crippen LogP contribution in [0.4, 0.5) is 19.3 Å². The average molecular weight is 564 g/mol. The molecule has 0 unspecified atom stereocenters. The molecule has 2 fully saturated rings. The van der Waals surface area contributed by atoms with E-state index < -0.39 is 23.7 Å². The number of ether oxygens (including phenoxy) is 1.